The van der Waals surface area contributed by atoms with Crippen LogP contribution < -0.4 is 0 Å². The second kappa shape index (κ2) is 8.08. The van der Waals surface area contributed by atoms with Crippen molar-refractivity contribution in [3.05, 3.63) is 11.6 Å². The maximum Gasteiger partial charge on any atom is 0.303 e. The van der Waals surface area contributed by atoms with Gasteiger partial charge in [-0.15, -0.1) is 0 Å². The Morgan fingerprint density at radius 3 is 2.47 bits per heavy atom. The molecule has 0 bridgehead atoms. The number of hydrogen-bond donors (Lipinski definition) is 1. The lowest BCUT2D eigenvalue weighted by molar-refractivity contribution is -0.169. The molecular weight excluding hydrogens is 428 g/mol. The number of esters is 1. The number of ether oxygens (including phenoxy) is 1. The van der Waals surface area contributed by atoms with Crippen molar-refractivity contribution in [2.45, 2.75) is 83.5 Å². The number of rotatable bonds is 4. The number of fused-ring (bicyclic) bond motifs is 5. The molecule has 0 spiro atoms. The summed E-state index contributed by atoms with van der Waals surface area (Å²) in [6.45, 7) is 6.72. The number of thioether (sulfide) groups is 1. The van der Waals surface area contributed by atoms with Crippen LogP contribution in [0.1, 0.15) is 72.6 Å². The number of ketones is 2. The zero-order valence-corrected chi connectivity index (χ0v) is 20.3. The molecule has 176 valence electrons. The van der Waals surface area contributed by atoms with Crippen molar-refractivity contribution in [1.82, 2.24) is 0 Å². The molecule has 0 heterocycles. The number of Topliss-reactive ketones (excluding diaryl/α,β-unsaturated/α-hetero) is 1. The second-order valence-corrected chi connectivity index (χ2v) is 12.1. The Hall–Kier alpha value is -1.47. The highest BCUT2D eigenvalue weighted by atomic mass is 32.2. The fraction of sp³-hybridized carbons (Fsp3) is 0.760. The highest BCUT2D eigenvalue weighted by Crippen LogP contribution is 2.68. The highest BCUT2D eigenvalue weighted by molar-refractivity contribution is 8.14. The van der Waals surface area contributed by atoms with Gasteiger partial charge in [-0.1, -0.05) is 31.2 Å². The molecule has 3 saturated carbocycles. The summed E-state index contributed by atoms with van der Waals surface area (Å²) in [4.78, 5) is 48.6. The van der Waals surface area contributed by atoms with Crippen LogP contribution in [0.15, 0.2) is 11.6 Å². The lowest BCUT2D eigenvalue weighted by atomic mass is 9.46. The van der Waals surface area contributed by atoms with Gasteiger partial charge in [0, 0.05) is 36.3 Å². The van der Waals surface area contributed by atoms with Crippen molar-refractivity contribution < 1.29 is 29.0 Å². The van der Waals surface area contributed by atoms with E-state index in [1.807, 2.05) is 13.0 Å². The van der Waals surface area contributed by atoms with Crippen LogP contribution in [0.3, 0.4) is 0 Å². The van der Waals surface area contributed by atoms with Gasteiger partial charge in [0.25, 0.3) is 0 Å². The molecule has 0 saturated heterocycles. The molecule has 4 aliphatic carbocycles. The first kappa shape index (κ1) is 23.7. The summed E-state index contributed by atoms with van der Waals surface area (Å²) in [6, 6.07) is 0. The molecular formula is C25H34O6S. The number of carbonyl (C=O) groups is 4. The molecule has 6 nitrogen and oxygen atoms in total. The van der Waals surface area contributed by atoms with Crippen molar-refractivity contribution in [2.75, 3.05) is 6.61 Å². The predicted octanol–water partition coefficient (Wildman–Crippen LogP) is 3.64. The summed E-state index contributed by atoms with van der Waals surface area (Å²) in [5.74, 6) is 0.0251. The Balaban J connectivity index is 1.65. The van der Waals surface area contributed by atoms with Crippen LogP contribution in [0.5, 0.6) is 0 Å². The van der Waals surface area contributed by atoms with Gasteiger partial charge in [0.2, 0.25) is 5.78 Å². The van der Waals surface area contributed by atoms with Gasteiger partial charge in [-0.05, 0) is 62.4 Å². The fourth-order valence-electron chi connectivity index (χ4n) is 7.71. The lowest BCUT2D eigenvalue weighted by Crippen LogP contribution is -2.59. The van der Waals surface area contributed by atoms with E-state index >= 15 is 0 Å². The summed E-state index contributed by atoms with van der Waals surface area (Å²) in [6.07, 6.45) is 6.68. The fourth-order valence-corrected chi connectivity index (χ4v) is 8.93. The van der Waals surface area contributed by atoms with Gasteiger partial charge in [-0.3, -0.25) is 19.2 Å². The van der Waals surface area contributed by atoms with Gasteiger partial charge in [0.15, 0.2) is 17.5 Å². The third-order valence-corrected chi connectivity index (χ3v) is 10.6. The normalized spacial score (nSPS) is 42.9. The zero-order valence-electron chi connectivity index (χ0n) is 19.4. The first-order valence-electron chi connectivity index (χ1n) is 11.7. The number of hydrogen-bond acceptors (Lipinski definition) is 7. The Kier molecular flexibility index (Phi) is 5.98. The quantitative estimate of drug-likeness (QED) is 0.637. The summed E-state index contributed by atoms with van der Waals surface area (Å²) < 4.78 is 4.94. The summed E-state index contributed by atoms with van der Waals surface area (Å²) in [5.41, 5.74) is -1.09. The highest BCUT2D eigenvalue weighted by Gasteiger charge is 2.67. The molecule has 1 N–H and O–H groups in total. The van der Waals surface area contributed by atoms with E-state index in [2.05, 4.69) is 6.92 Å². The van der Waals surface area contributed by atoms with Crippen LogP contribution in [0.4, 0.5) is 0 Å². The van der Waals surface area contributed by atoms with Gasteiger partial charge in [0.1, 0.15) is 5.60 Å². The minimum Gasteiger partial charge on any atom is -0.458 e. The van der Waals surface area contributed by atoms with Crippen LogP contribution in [-0.2, 0) is 23.9 Å². The summed E-state index contributed by atoms with van der Waals surface area (Å²) in [5, 5.41) is 11.6. The third kappa shape index (κ3) is 3.42. The van der Waals surface area contributed by atoms with Crippen molar-refractivity contribution in [3.63, 3.8) is 0 Å². The van der Waals surface area contributed by atoms with Gasteiger partial charge in [-0.2, -0.15) is 0 Å². The molecule has 3 fully saturated rings. The minimum atomic E-state index is -1.48. The number of aliphatic hydroxyl groups is 1. The molecule has 7 atom stereocenters. The van der Waals surface area contributed by atoms with E-state index < -0.39 is 22.8 Å². The molecule has 0 unspecified atom stereocenters. The number of carbonyl (C=O) groups excluding carboxylic acids is 4. The maximum absolute atomic E-state index is 13.0. The van der Waals surface area contributed by atoms with Gasteiger partial charge < -0.3 is 9.84 Å². The van der Waals surface area contributed by atoms with Gasteiger partial charge in [-0.25, -0.2) is 0 Å². The van der Waals surface area contributed by atoms with Crippen molar-refractivity contribution in [1.29, 1.82) is 0 Å². The van der Waals surface area contributed by atoms with E-state index in [0.717, 1.165) is 25.7 Å². The predicted molar refractivity (Wildman–Crippen MR) is 121 cm³/mol. The Bertz CT molecular complexity index is 895. The summed E-state index contributed by atoms with van der Waals surface area (Å²) >= 11 is 1.31. The van der Waals surface area contributed by atoms with E-state index in [0.29, 0.717) is 31.1 Å². The first-order valence-corrected chi connectivity index (χ1v) is 12.6. The topological polar surface area (TPSA) is 97.7 Å². The molecule has 0 aromatic carbocycles. The van der Waals surface area contributed by atoms with E-state index in [4.69, 9.17) is 4.74 Å². The summed E-state index contributed by atoms with van der Waals surface area (Å²) in [7, 11) is 0. The molecule has 0 aromatic heterocycles. The van der Waals surface area contributed by atoms with Crippen LogP contribution in [0.2, 0.25) is 0 Å². The standard InChI is InChI=1S/C25H34O6S/c1-14(26)31-13-21(29)25(30)10-8-19-18-6-5-16-11-17(28)12-22(32-15(2)27)24(16,4)20(18)7-9-23(19,25)3/h11,18-20,22,30H,5-10,12-13H2,1-4H3/t18-,19-,20-,22-,23-,24-,25-/m0/s1. The zero-order chi connectivity index (χ0) is 23.5. The SMILES string of the molecule is CC(=O)OCC(=O)[C@@]1(O)CC[C@H]2[C@@H]3CCC4=CC(=O)C[C@H](SC(C)=O)[C@]4(C)[C@H]3CC[C@@]21C. The van der Waals surface area contributed by atoms with Crippen LogP contribution in [0, 0.1) is 28.6 Å². The van der Waals surface area contributed by atoms with Crippen LogP contribution in [-0.4, -0.2) is 45.2 Å². The van der Waals surface area contributed by atoms with E-state index in [1.165, 1.54) is 24.3 Å². The Morgan fingerprint density at radius 1 is 1.12 bits per heavy atom. The largest absolute Gasteiger partial charge is 0.458 e. The molecule has 0 radical (unpaired) electrons. The minimum absolute atomic E-state index is 0.0411. The van der Waals surface area contributed by atoms with E-state index in [1.54, 1.807) is 6.92 Å². The third-order valence-electron chi connectivity index (χ3n) is 9.36. The molecule has 32 heavy (non-hydrogen) atoms. The van der Waals surface area contributed by atoms with E-state index in [9.17, 15) is 24.3 Å². The smallest absolute Gasteiger partial charge is 0.303 e. The van der Waals surface area contributed by atoms with Gasteiger partial charge >= 0.3 is 5.97 Å². The molecule has 4 aliphatic rings. The first-order chi connectivity index (χ1) is 14.9. The van der Waals surface area contributed by atoms with Crippen LogP contribution >= 0.6 is 11.8 Å². The van der Waals surface area contributed by atoms with Crippen molar-refractivity contribution in [3.8, 4) is 0 Å². The Morgan fingerprint density at radius 2 is 1.81 bits per heavy atom. The lowest BCUT2D eigenvalue weighted by Gasteiger charge is -2.60. The molecule has 0 aliphatic heterocycles. The molecule has 0 aromatic rings. The van der Waals surface area contributed by atoms with Crippen molar-refractivity contribution in [2.24, 2.45) is 28.6 Å². The number of allylic oxidation sites excluding steroid dienone is 1. The molecule has 4 rings (SSSR count). The average molecular weight is 463 g/mol. The average Bonchev–Trinajstić information content (AvgIpc) is 2.99. The molecule has 0 amide bonds. The maximum atomic E-state index is 13.0. The Labute approximate surface area is 193 Å². The van der Waals surface area contributed by atoms with Crippen LogP contribution in [0.25, 0.3) is 0 Å². The van der Waals surface area contributed by atoms with Gasteiger partial charge in [0.05, 0.1) is 0 Å². The van der Waals surface area contributed by atoms with E-state index in [-0.39, 0.29) is 34.1 Å². The monoisotopic (exact) mass is 462 g/mol. The molecule has 7 heteroatoms. The van der Waals surface area contributed by atoms with Crippen molar-refractivity contribution >= 4 is 34.4 Å². The second-order valence-electron chi connectivity index (χ2n) is 10.7.